The van der Waals surface area contributed by atoms with Crippen LogP contribution >= 0.6 is 0 Å². The molecular weight excluding hydrogens is 242 g/mol. The van der Waals surface area contributed by atoms with Crippen LogP contribution < -0.4 is 14.8 Å². The number of ether oxygens (including phenoxy) is 3. The minimum absolute atomic E-state index is 0.529. The predicted molar refractivity (Wildman–Crippen MR) is 75.0 cm³/mol. The van der Waals surface area contributed by atoms with Gasteiger partial charge in [-0.15, -0.1) is 0 Å². The van der Waals surface area contributed by atoms with Gasteiger partial charge in [0.15, 0.2) is 11.5 Å². The number of hydrogen-bond acceptors (Lipinski definition) is 4. The normalized spacial score (nSPS) is 18.6. The summed E-state index contributed by atoms with van der Waals surface area (Å²) in [6, 6.07) is 4.73. The van der Waals surface area contributed by atoms with Crippen molar-refractivity contribution in [1.29, 1.82) is 0 Å². The van der Waals surface area contributed by atoms with E-state index in [1.54, 1.807) is 21.3 Å². The van der Waals surface area contributed by atoms with Gasteiger partial charge in [0, 0.05) is 18.7 Å². The molecule has 4 heteroatoms. The quantitative estimate of drug-likeness (QED) is 0.855. The molecule has 0 bridgehead atoms. The maximum Gasteiger partial charge on any atom is 0.166 e. The monoisotopic (exact) mass is 265 g/mol. The third kappa shape index (κ3) is 3.19. The maximum atomic E-state index is 5.56. The van der Waals surface area contributed by atoms with Crippen molar-refractivity contribution in [3.63, 3.8) is 0 Å². The average Bonchev–Trinajstić information content (AvgIpc) is 2.93. The lowest BCUT2D eigenvalue weighted by molar-refractivity contribution is 0.180. The van der Waals surface area contributed by atoms with Gasteiger partial charge in [0.05, 0.1) is 20.8 Å². The Balaban J connectivity index is 2.26. The molecule has 1 fully saturated rings. The highest BCUT2D eigenvalue weighted by Crippen LogP contribution is 2.36. The molecular formula is C15H23NO3. The zero-order valence-electron chi connectivity index (χ0n) is 12.0. The number of benzene rings is 1. The summed E-state index contributed by atoms with van der Waals surface area (Å²) in [5, 5.41) is 3.51. The molecule has 1 aliphatic heterocycles. The smallest absolute Gasteiger partial charge is 0.166 e. The van der Waals surface area contributed by atoms with E-state index in [9.17, 15) is 0 Å². The summed E-state index contributed by atoms with van der Waals surface area (Å²) in [4.78, 5) is 0. The van der Waals surface area contributed by atoms with E-state index in [0.29, 0.717) is 12.6 Å². The largest absolute Gasteiger partial charge is 0.493 e. The second kappa shape index (κ2) is 6.78. The standard InChI is InChI=1S/C15H23NO3/c1-17-10-12-7-6-11(9-13-5-4-8-16-13)14(18-2)15(12)19-3/h6-7,13,16H,4-5,8-10H2,1-3H3. The summed E-state index contributed by atoms with van der Waals surface area (Å²) in [6.45, 7) is 1.65. The minimum atomic E-state index is 0.529. The van der Waals surface area contributed by atoms with E-state index in [0.717, 1.165) is 30.0 Å². The van der Waals surface area contributed by atoms with Gasteiger partial charge in [-0.3, -0.25) is 0 Å². The topological polar surface area (TPSA) is 39.7 Å². The second-order valence-corrected chi connectivity index (χ2v) is 4.88. The lowest BCUT2D eigenvalue weighted by atomic mass is 10.0. The predicted octanol–water partition coefficient (Wildman–Crippen LogP) is 2.14. The van der Waals surface area contributed by atoms with Gasteiger partial charge in [-0.1, -0.05) is 12.1 Å². The van der Waals surface area contributed by atoms with E-state index in [-0.39, 0.29) is 0 Å². The van der Waals surface area contributed by atoms with Gasteiger partial charge in [-0.25, -0.2) is 0 Å². The fraction of sp³-hybridized carbons (Fsp3) is 0.600. The van der Waals surface area contributed by atoms with Crippen molar-refractivity contribution < 1.29 is 14.2 Å². The summed E-state index contributed by atoms with van der Waals surface area (Å²) >= 11 is 0. The van der Waals surface area contributed by atoms with Gasteiger partial charge in [-0.2, -0.15) is 0 Å². The number of nitrogens with one attached hydrogen (secondary N) is 1. The van der Waals surface area contributed by atoms with Crippen molar-refractivity contribution in [3.8, 4) is 11.5 Å². The molecule has 1 unspecified atom stereocenters. The van der Waals surface area contributed by atoms with Crippen LogP contribution in [0.3, 0.4) is 0 Å². The fourth-order valence-corrected chi connectivity index (χ4v) is 2.72. The van der Waals surface area contributed by atoms with Crippen LogP contribution in [0.4, 0.5) is 0 Å². The summed E-state index contributed by atoms with van der Waals surface area (Å²) in [6.07, 6.45) is 3.46. The van der Waals surface area contributed by atoms with Crippen LogP contribution in [0, 0.1) is 0 Å². The Hall–Kier alpha value is -1.26. The first-order chi connectivity index (χ1) is 9.30. The van der Waals surface area contributed by atoms with E-state index < -0.39 is 0 Å². The summed E-state index contributed by atoms with van der Waals surface area (Å²) in [5.74, 6) is 1.63. The van der Waals surface area contributed by atoms with Crippen LogP contribution in [0.5, 0.6) is 11.5 Å². The second-order valence-electron chi connectivity index (χ2n) is 4.88. The summed E-state index contributed by atoms with van der Waals surface area (Å²) < 4.78 is 16.3. The Bertz CT molecular complexity index is 414. The number of hydrogen-bond donors (Lipinski definition) is 1. The first kappa shape index (κ1) is 14.2. The molecule has 106 valence electrons. The molecule has 4 nitrogen and oxygen atoms in total. The maximum absolute atomic E-state index is 5.56. The average molecular weight is 265 g/mol. The Kier molecular flexibility index (Phi) is 5.05. The molecule has 2 rings (SSSR count). The third-order valence-corrected chi connectivity index (χ3v) is 3.61. The third-order valence-electron chi connectivity index (χ3n) is 3.61. The SMILES string of the molecule is COCc1ccc(CC2CCCN2)c(OC)c1OC. The van der Waals surface area contributed by atoms with Crippen LogP contribution in [0.15, 0.2) is 12.1 Å². The van der Waals surface area contributed by atoms with Crippen molar-refractivity contribution in [2.24, 2.45) is 0 Å². The summed E-state index contributed by atoms with van der Waals surface area (Å²) in [5.41, 5.74) is 2.21. The Labute approximate surface area is 115 Å². The molecule has 1 aromatic rings. The molecule has 1 aromatic carbocycles. The van der Waals surface area contributed by atoms with Gasteiger partial charge in [0.1, 0.15) is 0 Å². The fourth-order valence-electron chi connectivity index (χ4n) is 2.72. The Morgan fingerprint density at radius 2 is 1.79 bits per heavy atom. The van der Waals surface area contributed by atoms with E-state index >= 15 is 0 Å². The molecule has 0 spiro atoms. The van der Waals surface area contributed by atoms with Gasteiger partial charge < -0.3 is 19.5 Å². The molecule has 1 atom stereocenters. The van der Waals surface area contributed by atoms with Crippen LogP contribution in [-0.4, -0.2) is 33.9 Å². The molecule has 0 aromatic heterocycles. The number of rotatable bonds is 6. The minimum Gasteiger partial charge on any atom is -0.493 e. The zero-order valence-corrected chi connectivity index (χ0v) is 12.0. The van der Waals surface area contributed by atoms with Crippen molar-refractivity contribution in [2.45, 2.75) is 31.9 Å². The molecule has 0 amide bonds. The van der Waals surface area contributed by atoms with E-state index in [2.05, 4.69) is 17.4 Å². The van der Waals surface area contributed by atoms with Gasteiger partial charge in [-0.05, 0) is 31.4 Å². The molecule has 0 aliphatic carbocycles. The van der Waals surface area contributed by atoms with Crippen LogP contribution in [0.1, 0.15) is 24.0 Å². The lowest BCUT2D eigenvalue weighted by Crippen LogP contribution is -2.24. The molecule has 1 N–H and O–H groups in total. The van der Waals surface area contributed by atoms with Crippen molar-refractivity contribution >= 4 is 0 Å². The van der Waals surface area contributed by atoms with Crippen molar-refractivity contribution in [2.75, 3.05) is 27.9 Å². The highest BCUT2D eigenvalue weighted by Gasteiger charge is 2.20. The molecule has 0 radical (unpaired) electrons. The van der Waals surface area contributed by atoms with Gasteiger partial charge in [0.25, 0.3) is 0 Å². The highest BCUT2D eigenvalue weighted by molar-refractivity contribution is 5.52. The van der Waals surface area contributed by atoms with E-state index in [1.807, 2.05) is 0 Å². The first-order valence-corrected chi connectivity index (χ1v) is 6.75. The summed E-state index contributed by atoms with van der Waals surface area (Å²) in [7, 11) is 5.05. The Morgan fingerprint density at radius 1 is 1.11 bits per heavy atom. The van der Waals surface area contributed by atoms with E-state index in [4.69, 9.17) is 14.2 Å². The van der Waals surface area contributed by atoms with Crippen molar-refractivity contribution in [1.82, 2.24) is 5.32 Å². The molecule has 1 saturated heterocycles. The van der Waals surface area contributed by atoms with Crippen LogP contribution in [0.25, 0.3) is 0 Å². The molecule has 1 aliphatic rings. The molecule has 19 heavy (non-hydrogen) atoms. The van der Waals surface area contributed by atoms with E-state index in [1.165, 1.54) is 18.4 Å². The van der Waals surface area contributed by atoms with Crippen LogP contribution in [0.2, 0.25) is 0 Å². The van der Waals surface area contributed by atoms with Crippen LogP contribution in [-0.2, 0) is 17.8 Å². The van der Waals surface area contributed by atoms with Gasteiger partial charge in [0.2, 0.25) is 0 Å². The molecule has 0 saturated carbocycles. The van der Waals surface area contributed by atoms with Crippen molar-refractivity contribution in [3.05, 3.63) is 23.3 Å². The first-order valence-electron chi connectivity index (χ1n) is 6.75. The Morgan fingerprint density at radius 3 is 2.37 bits per heavy atom. The zero-order chi connectivity index (χ0) is 13.7. The van der Waals surface area contributed by atoms with Gasteiger partial charge >= 0.3 is 0 Å². The lowest BCUT2D eigenvalue weighted by Gasteiger charge is -2.18. The number of methoxy groups -OCH3 is 3. The highest BCUT2D eigenvalue weighted by atomic mass is 16.5. The molecule has 1 heterocycles.